The van der Waals surface area contributed by atoms with E-state index in [4.69, 9.17) is 0 Å². The van der Waals surface area contributed by atoms with Gasteiger partial charge in [-0.1, -0.05) is 38.5 Å². The summed E-state index contributed by atoms with van der Waals surface area (Å²) in [5.74, 6) is 1.73. The summed E-state index contributed by atoms with van der Waals surface area (Å²) in [6.07, 6.45) is 3.85. The minimum absolute atomic E-state index is 0.629. The maximum absolute atomic E-state index is 3.73. The van der Waals surface area contributed by atoms with E-state index in [1.807, 2.05) is 0 Å². The average molecular weight is 268 g/mol. The molecule has 0 radical (unpaired) electrons. The van der Waals surface area contributed by atoms with E-state index >= 15 is 0 Å². The van der Waals surface area contributed by atoms with Gasteiger partial charge in [0.2, 0.25) is 0 Å². The fourth-order valence-electron chi connectivity index (χ4n) is 4.41. The van der Waals surface area contributed by atoms with Crippen molar-refractivity contribution in [3.05, 3.63) is 35.5 Å². The first-order valence-corrected chi connectivity index (χ1v) is 8.11. The third-order valence-corrected chi connectivity index (χ3v) is 5.66. The zero-order chi connectivity index (χ0) is 13.7. The van der Waals surface area contributed by atoms with Crippen LogP contribution in [0.15, 0.2) is 24.3 Å². The van der Waals surface area contributed by atoms with Gasteiger partial charge in [-0.2, -0.15) is 0 Å². The van der Waals surface area contributed by atoms with Crippen LogP contribution in [-0.2, 0) is 6.42 Å². The van der Waals surface area contributed by atoms with E-state index in [2.05, 4.69) is 48.0 Å². The van der Waals surface area contributed by atoms with Crippen molar-refractivity contribution in [2.45, 2.75) is 39.2 Å². The van der Waals surface area contributed by atoms with Crippen molar-refractivity contribution in [3.63, 3.8) is 0 Å². The summed E-state index contributed by atoms with van der Waals surface area (Å²) in [5.41, 5.74) is 4.42. The molecule has 1 saturated heterocycles. The topological polar surface area (TPSA) is 19.0 Å². The fourth-order valence-corrected chi connectivity index (χ4v) is 4.41. The first-order chi connectivity index (χ1) is 9.78. The van der Waals surface area contributed by atoms with E-state index in [1.54, 1.807) is 5.56 Å². The van der Waals surface area contributed by atoms with Gasteiger partial charge in [0.15, 0.2) is 0 Å². The highest BCUT2D eigenvalue weighted by molar-refractivity contribution is 5.85. The molecule has 1 aromatic heterocycles. The molecule has 0 saturated carbocycles. The monoisotopic (exact) mass is 268 g/mol. The predicted molar refractivity (Wildman–Crippen MR) is 83.9 cm³/mol. The molecular formula is C18H24N2. The van der Waals surface area contributed by atoms with Crippen molar-refractivity contribution in [1.29, 1.82) is 0 Å². The maximum Gasteiger partial charge on any atom is 0.0504 e. The quantitative estimate of drug-likeness (QED) is 0.824. The van der Waals surface area contributed by atoms with Gasteiger partial charge in [0.25, 0.3) is 0 Å². The van der Waals surface area contributed by atoms with Gasteiger partial charge in [-0.25, -0.2) is 0 Å². The van der Waals surface area contributed by atoms with Gasteiger partial charge in [0.05, 0.1) is 6.04 Å². The second kappa shape index (κ2) is 4.63. The van der Waals surface area contributed by atoms with E-state index < -0.39 is 0 Å². The largest absolute Gasteiger partial charge is 0.357 e. The Balaban J connectivity index is 1.76. The highest BCUT2D eigenvalue weighted by Crippen LogP contribution is 2.43. The van der Waals surface area contributed by atoms with Gasteiger partial charge in [-0.3, -0.25) is 4.90 Å². The number of piperidine rings is 1. The Kier molecular flexibility index (Phi) is 2.88. The number of para-hydroxylation sites is 1. The summed E-state index contributed by atoms with van der Waals surface area (Å²) in [6, 6.07) is 9.43. The molecule has 106 valence electrons. The van der Waals surface area contributed by atoms with E-state index in [9.17, 15) is 0 Å². The Morgan fingerprint density at radius 3 is 3.00 bits per heavy atom. The molecule has 4 rings (SSSR count). The molecule has 2 aromatic rings. The lowest BCUT2D eigenvalue weighted by atomic mass is 9.78. The van der Waals surface area contributed by atoms with Crippen LogP contribution >= 0.6 is 0 Å². The molecule has 2 aliphatic rings. The van der Waals surface area contributed by atoms with Crippen LogP contribution in [0.25, 0.3) is 10.9 Å². The van der Waals surface area contributed by atoms with Gasteiger partial charge in [-0.15, -0.1) is 0 Å². The molecule has 2 heteroatoms. The number of hydrogen-bond donors (Lipinski definition) is 1. The lowest BCUT2D eigenvalue weighted by Crippen LogP contribution is -2.45. The number of aromatic amines is 1. The third-order valence-electron chi connectivity index (χ3n) is 5.66. The Morgan fingerprint density at radius 2 is 2.15 bits per heavy atom. The molecular weight excluding hydrogens is 244 g/mol. The molecule has 0 amide bonds. The number of nitrogens with one attached hydrogen (secondary N) is 1. The molecule has 3 unspecified atom stereocenters. The summed E-state index contributed by atoms with van der Waals surface area (Å²) in [7, 11) is 0. The summed E-state index contributed by atoms with van der Waals surface area (Å²) >= 11 is 0. The number of hydrogen-bond acceptors (Lipinski definition) is 1. The normalized spacial score (nSPS) is 30.2. The van der Waals surface area contributed by atoms with Crippen LogP contribution in [-0.4, -0.2) is 23.0 Å². The maximum atomic E-state index is 3.73. The first-order valence-electron chi connectivity index (χ1n) is 8.11. The molecule has 0 spiro atoms. The molecule has 20 heavy (non-hydrogen) atoms. The van der Waals surface area contributed by atoms with E-state index in [-0.39, 0.29) is 0 Å². The highest BCUT2D eigenvalue weighted by atomic mass is 15.2. The zero-order valence-corrected chi connectivity index (χ0v) is 12.5. The van der Waals surface area contributed by atoms with Crippen molar-refractivity contribution in [2.24, 2.45) is 11.8 Å². The third kappa shape index (κ3) is 1.74. The summed E-state index contributed by atoms with van der Waals surface area (Å²) in [5, 5.41) is 1.45. The molecule has 0 bridgehead atoms. The summed E-state index contributed by atoms with van der Waals surface area (Å²) in [6.45, 7) is 7.32. The lowest BCUT2D eigenvalue weighted by molar-refractivity contribution is 0.0576. The number of fused-ring (bicyclic) bond motifs is 5. The Hall–Kier alpha value is -1.28. The molecule has 3 atom stereocenters. The number of rotatable bonds is 1. The van der Waals surface area contributed by atoms with Gasteiger partial charge < -0.3 is 4.98 Å². The smallest absolute Gasteiger partial charge is 0.0504 e. The van der Waals surface area contributed by atoms with Gasteiger partial charge in [-0.05, 0) is 36.3 Å². The number of benzene rings is 1. The van der Waals surface area contributed by atoms with Gasteiger partial charge in [0.1, 0.15) is 0 Å². The standard InChI is InChI=1S/C18H24N2/c1-3-13-11-20-9-8-15-14-6-4-5-7-16(14)19-18(15)17(20)10-12(13)2/h4-7,12-13,17,19H,3,8-11H2,1-2H3. The number of H-pyrrole nitrogens is 1. The van der Waals surface area contributed by atoms with E-state index in [0.29, 0.717) is 6.04 Å². The highest BCUT2D eigenvalue weighted by Gasteiger charge is 2.37. The van der Waals surface area contributed by atoms with Crippen molar-refractivity contribution < 1.29 is 0 Å². The zero-order valence-electron chi connectivity index (χ0n) is 12.5. The first kappa shape index (κ1) is 12.5. The van der Waals surface area contributed by atoms with Crippen LogP contribution in [0.4, 0.5) is 0 Å². The van der Waals surface area contributed by atoms with Crippen LogP contribution in [0.2, 0.25) is 0 Å². The molecule has 1 N–H and O–H groups in total. The van der Waals surface area contributed by atoms with E-state index in [0.717, 1.165) is 11.8 Å². The van der Waals surface area contributed by atoms with Crippen LogP contribution in [0, 0.1) is 11.8 Å². The minimum atomic E-state index is 0.629. The molecule has 1 aromatic carbocycles. The Bertz CT molecular complexity index is 627. The Labute approximate surface area is 121 Å². The minimum Gasteiger partial charge on any atom is -0.357 e. The fraction of sp³-hybridized carbons (Fsp3) is 0.556. The van der Waals surface area contributed by atoms with Crippen LogP contribution in [0.5, 0.6) is 0 Å². The second-order valence-electron chi connectivity index (χ2n) is 6.70. The summed E-state index contributed by atoms with van der Waals surface area (Å²) in [4.78, 5) is 6.46. The van der Waals surface area contributed by atoms with Crippen LogP contribution in [0.3, 0.4) is 0 Å². The predicted octanol–water partition coefficient (Wildman–Crippen LogP) is 4.13. The molecule has 3 heterocycles. The van der Waals surface area contributed by atoms with Gasteiger partial charge >= 0.3 is 0 Å². The lowest BCUT2D eigenvalue weighted by Gasteiger charge is -2.45. The number of aromatic nitrogens is 1. The number of nitrogens with zero attached hydrogens (tertiary/aromatic N) is 1. The van der Waals surface area contributed by atoms with Gasteiger partial charge in [0, 0.05) is 29.7 Å². The summed E-state index contributed by atoms with van der Waals surface area (Å²) < 4.78 is 0. The SMILES string of the molecule is CCC1CN2CCc3c([nH]c4ccccc34)C2CC1C. The second-order valence-corrected chi connectivity index (χ2v) is 6.70. The van der Waals surface area contributed by atoms with E-state index in [1.165, 1.54) is 48.9 Å². The average Bonchev–Trinajstić information content (AvgIpc) is 2.85. The van der Waals surface area contributed by atoms with Crippen molar-refractivity contribution >= 4 is 10.9 Å². The van der Waals surface area contributed by atoms with Crippen molar-refractivity contribution in [2.75, 3.05) is 13.1 Å². The van der Waals surface area contributed by atoms with Crippen molar-refractivity contribution in [3.8, 4) is 0 Å². The molecule has 0 aliphatic carbocycles. The Morgan fingerprint density at radius 1 is 1.30 bits per heavy atom. The van der Waals surface area contributed by atoms with Crippen LogP contribution in [0.1, 0.15) is 44.0 Å². The molecule has 2 aliphatic heterocycles. The van der Waals surface area contributed by atoms with Crippen molar-refractivity contribution in [1.82, 2.24) is 9.88 Å². The van der Waals surface area contributed by atoms with Crippen LogP contribution < -0.4 is 0 Å². The molecule has 2 nitrogen and oxygen atoms in total. The molecule has 1 fully saturated rings.